The molecule has 1 unspecified atom stereocenters. The molecule has 0 spiro atoms. The van der Waals surface area contributed by atoms with E-state index in [-0.39, 0.29) is 18.8 Å². The summed E-state index contributed by atoms with van der Waals surface area (Å²) < 4.78 is 87.3. The molecule has 4 rings (SSSR count). The van der Waals surface area contributed by atoms with Crippen molar-refractivity contribution >= 4 is 11.4 Å². The van der Waals surface area contributed by atoms with Gasteiger partial charge in [0.1, 0.15) is 11.5 Å². The van der Waals surface area contributed by atoms with E-state index in [1.54, 1.807) is 54.6 Å². The first kappa shape index (κ1) is 26.5. The zero-order valence-electron chi connectivity index (χ0n) is 19.6. The normalized spacial score (nSPS) is 16.8. The molecule has 0 amide bonds. The van der Waals surface area contributed by atoms with Crippen molar-refractivity contribution in [1.29, 1.82) is 0 Å². The minimum atomic E-state index is -4.84. The smallest absolute Gasteiger partial charge is 0.497 e. The van der Waals surface area contributed by atoms with E-state index in [2.05, 4.69) is 4.74 Å². The molecule has 1 aliphatic heterocycles. The quantitative estimate of drug-likeness (QED) is 0.378. The van der Waals surface area contributed by atoms with Crippen LogP contribution in [0.1, 0.15) is 17.2 Å². The van der Waals surface area contributed by atoms with Gasteiger partial charge in [-0.2, -0.15) is 13.2 Å². The number of methoxy groups -OCH3 is 1. The monoisotopic (exact) mass is 526 g/mol. The van der Waals surface area contributed by atoms with Crippen molar-refractivity contribution in [2.24, 2.45) is 0 Å². The number of aliphatic hydroxyl groups excluding tert-OH is 1. The summed E-state index contributed by atoms with van der Waals surface area (Å²) in [5.74, 6) is 0.206. The molecule has 0 radical (unpaired) electrons. The molecular weight excluding hydrogens is 502 g/mol. The summed E-state index contributed by atoms with van der Waals surface area (Å²) in [5.41, 5.74) is 2.25. The maximum absolute atomic E-state index is 13.3. The third kappa shape index (κ3) is 6.40. The van der Waals surface area contributed by atoms with Gasteiger partial charge in [0.05, 0.1) is 31.1 Å². The van der Waals surface area contributed by atoms with Crippen LogP contribution < -0.4 is 19.3 Å². The Morgan fingerprint density at radius 3 is 2.19 bits per heavy atom. The number of hydrogen-bond acceptors (Lipinski definition) is 5. The van der Waals surface area contributed by atoms with Crippen LogP contribution in [0.25, 0.3) is 0 Å². The molecule has 3 aromatic carbocycles. The van der Waals surface area contributed by atoms with Crippen molar-refractivity contribution in [3.05, 3.63) is 83.9 Å². The number of hydrogen-bond donors (Lipinski definition) is 1. The Morgan fingerprint density at radius 2 is 1.57 bits per heavy atom. The molecule has 0 saturated carbocycles. The number of rotatable bonds is 7. The summed E-state index contributed by atoms with van der Waals surface area (Å²) in [5, 5.41) is 9.93. The van der Waals surface area contributed by atoms with E-state index in [0.717, 1.165) is 0 Å². The van der Waals surface area contributed by atoms with Gasteiger partial charge in [0.2, 0.25) is 0 Å². The summed E-state index contributed by atoms with van der Waals surface area (Å²) in [6, 6.07) is 18.6. The van der Waals surface area contributed by atoms with Crippen LogP contribution >= 0.6 is 0 Å². The van der Waals surface area contributed by atoms with Gasteiger partial charge < -0.3 is 24.4 Å². The van der Waals surface area contributed by atoms with Crippen molar-refractivity contribution in [1.82, 2.24) is 0 Å². The van der Waals surface area contributed by atoms with Crippen LogP contribution in [0.5, 0.6) is 11.5 Å². The Bertz CT molecular complexity index is 1200. The van der Waals surface area contributed by atoms with Gasteiger partial charge in [0.15, 0.2) is 6.10 Å². The fraction of sp³-hybridized carbons (Fsp3) is 0.308. The number of alkyl halides is 6. The highest BCUT2D eigenvalue weighted by atomic mass is 19.4. The number of aliphatic hydroxyl groups is 1. The second-order valence-electron chi connectivity index (χ2n) is 8.56. The summed E-state index contributed by atoms with van der Waals surface area (Å²) in [6.07, 6.45) is -12.2. The van der Waals surface area contributed by atoms with E-state index in [1.807, 2.05) is 4.90 Å². The number of anilines is 2. The van der Waals surface area contributed by atoms with Crippen LogP contribution in [0.4, 0.5) is 37.7 Å². The first-order valence-corrected chi connectivity index (χ1v) is 11.3. The molecule has 3 aromatic rings. The standard InChI is InChI=1S/C26H24F6N2O3/c1-36-19-11-9-18(10-12-19)23-15-33(14-17-5-4-6-20(13-17)37-26(30,31)32)21-7-2-3-8-22(21)34(23)16-24(35)25(27,28)29/h2-13,23-24,35H,14-16H2,1H3/t23?,24-/m1/s1. The van der Waals surface area contributed by atoms with Crippen LogP contribution in [0.15, 0.2) is 72.8 Å². The molecule has 1 aliphatic rings. The minimum Gasteiger partial charge on any atom is -0.497 e. The number of benzene rings is 3. The van der Waals surface area contributed by atoms with Gasteiger partial charge >= 0.3 is 12.5 Å². The lowest BCUT2D eigenvalue weighted by Gasteiger charge is -2.45. The highest BCUT2D eigenvalue weighted by Gasteiger charge is 2.42. The van der Waals surface area contributed by atoms with Gasteiger partial charge in [-0.15, -0.1) is 13.2 Å². The molecule has 0 aliphatic carbocycles. The zero-order chi connectivity index (χ0) is 26.8. The molecule has 37 heavy (non-hydrogen) atoms. The Kier molecular flexibility index (Phi) is 7.44. The van der Waals surface area contributed by atoms with Gasteiger partial charge in [-0.3, -0.25) is 0 Å². The SMILES string of the molecule is COc1ccc(C2CN(Cc3cccc(OC(F)(F)F)c3)c3ccccc3N2C[C@@H](O)C(F)(F)F)cc1. The lowest BCUT2D eigenvalue weighted by Crippen LogP contribution is -2.49. The Morgan fingerprint density at radius 1 is 0.892 bits per heavy atom. The molecule has 0 bridgehead atoms. The first-order valence-electron chi connectivity index (χ1n) is 11.3. The van der Waals surface area contributed by atoms with Gasteiger partial charge in [-0.25, -0.2) is 0 Å². The number of halogens is 6. The molecule has 1 heterocycles. The van der Waals surface area contributed by atoms with Crippen LogP contribution in [-0.4, -0.2) is 43.9 Å². The Hall–Kier alpha value is -3.60. The molecule has 1 N–H and O–H groups in total. The van der Waals surface area contributed by atoms with Crippen molar-refractivity contribution in [2.45, 2.75) is 31.2 Å². The van der Waals surface area contributed by atoms with Gasteiger partial charge in [0.25, 0.3) is 0 Å². The fourth-order valence-corrected chi connectivity index (χ4v) is 4.39. The summed E-state index contributed by atoms with van der Waals surface area (Å²) in [4.78, 5) is 3.39. The second kappa shape index (κ2) is 10.4. The van der Waals surface area contributed by atoms with Gasteiger partial charge in [-0.1, -0.05) is 36.4 Å². The van der Waals surface area contributed by atoms with E-state index < -0.39 is 31.2 Å². The average Bonchev–Trinajstić information content (AvgIpc) is 2.84. The Balaban J connectivity index is 1.72. The molecule has 0 aromatic heterocycles. The van der Waals surface area contributed by atoms with Crippen LogP contribution in [0.2, 0.25) is 0 Å². The molecule has 198 valence electrons. The summed E-state index contributed by atoms with van der Waals surface area (Å²) in [6.45, 7) is -0.313. The fourth-order valence-electron chi connectivity index (χ4n) is 4.39. The third-order valence-electron chi connectivity index (χ3n) is 6.05. The van der Waals surface area contributed by atoms with E-state index in [9.17, 15) is 31.4 Å². The predicted molar refractivity (Wildman–Crippen MR) is 126 cm³/mol. The van der Waals surface area contributed by atoms with Crippen LogP contribution in [-0.2, 0) is 6.54 Å². The zero-order valence-corrected chi connectivity index (χ0v) is 19.6. The van der Waals surface area contributed by atoms with E-state index >= 15 is 0 Å². The number of ether oxygens (including phenoxy) is 2. The second-order valence-corrected chi connectivity index (χ2v) is 8.56. The highest BCUT2D eigenvalue weighted by molar-refractivity contribution is 5.75. The molecule has 11 heteroatoms. The largest absolute Gasteiger partial charge is 0.573 e. The van der Waals surface area contributed by atoms with Gasteiger partial charge in [-0.05, 0) is 47.5 Å². The maximum atomic E-state index is 13.3. The highest BCUT2D eigenvalue weighted by Crippen LogP contribution is 2.42. The minimum absolute atomic E-state index is 0.175. The number of nitrogens with zero attached hydrogens (tertiary/aromatic N) is 2. The molecule has 0 fully saturated rings. The number of fused-ring (bicyclic) bond motifs is 1. The lowest BCUT2D eigenvalue weighted by atomic mass is 9.98. The molecule has 2 atom stereocenters. The lowest BCUT2D eigenvalue weighted by molar-refractivity contribution is -0.274. The van der Waals surface area contributed by atoms with Crippen molar-refractivity contribution in [3.8, 4) is 11.5 Å². The molecule has 5 nitrogen and oxygen atoms in total. The topological polar surface area (TPSA) is 45.2 Å². The van der Waals surface area contributed by atoms with Crippen LogP contribution in [0.3, 0.4) is 0 Å². The summed E-state index contributed by atoms with van der Waals surface area (Å²) in [7, 11) is 1.50. The van der Waals surface area contributed by atoms with Gasteiger partial charge in [0, 0.05) is 13.1 Å². The van der Waals surface area contributed by atoms with E-state index in [4.69, 9.17) is 4.74 Å². The first-order chi connectivity index (χ1) is 17.4. The molecular formula is C26H24F6N2O3. The van der Waals surface area contributed by atoms with Crippen molar-refractivity contribution in [2.75, 3.05) is 30.0 Å². The Labute approximate surface area is 209 Å². The van der Waals surface area contributed by atoms with E-state index in [0.29, 0.717) is 28.3 Å². The van der Waals surface area contributed by atoms with E-state index in [1.165, 1.54) is 30.2 Å². The van der Waals surface area contributed by atoms with Crippen LogP contribution in [0, 0.1) is 0 Å². The maximum Gasteiger partial charge on any atom is 0.573 e. The summed E-state index contributed by atoms with van der Waals surface area (Å²) >= 11 is 0. The predicted octanol–water partition coefficient (Wildman–Crippen LogP) is 6.08. The van der Waals surface area contributed by atoms with Crippen molar-refractivity contribution in [3.63, 3.8) is 0 Å². The molecule has 0 saturated heterocycles. The number of para-hydroxylation sites is 2. The number of β-amino-alcohol motifs (C(OH)–C–C–N with tert-alkyl or cyclic N) is 1. The third-order valence-corrected chi connectivity index (χ3v) is 6.05. The average molecular weight is 526 g/mol. The van der Waals surface area contributed by atoms with Crippen molar-refractivity contribution < 1.29 is 40.9 Å².